The van der Waals surface area contributed by atoms with Crippen LogP contribution in [0.1, 0.15) is 38.2 Å². The van der Waals surface area contributed by atoms with E-state index in [2.05, 4.69) is 62.7 Å². The maximum absolute atomic E-state index is 5.72. The zero-order valence-electron chi connectivity index (χ0n) is 20.3. The van der Waals surface area contributed by atoms with Gasteiger partial charge in [0.1, 0.15) is 0 Å². The van der Waals surface area contributed by atoms with Crippen LogP contribution >= 0.6 is 24.0 Å². The molecule has 0 aliphatic carbocycles. The molecule has 0 bridgehead atoms. The van der Waals surface area contributed by atoms with Gasteiger partial charge in [-0.3, -0.25) is 9.89 Å². The first-order valence-electron chi connectivity index (χ1n) is 12.5. The van der Waals surface area contributed by atoms with Crippen molar-refractivity contribution >= 4 is 29.9 Å². The number of nitrogens with one attached hydrogen (secondary N) is 2. The molecule has 2 heterocycles. The van der Waals surface area contributed by atoms with Crippen LogP contribution in [-0.2, 0) is 16.0 Å². The third-order valence-electron chi connectivity index (χ3n) is 6.05. The Kier molecular flexibility index (Phi) is 15.0. The number of halogens is 1. The van der Waals surface area contributed by atoms with Crippen LogP contribution in [0.4, 0.5) is 0 Å². The summed E-state index contributed by atoms with van der Waals surface area (Å²) >= 11 is 0. The molecule has 0 radical (unpaired) electrons. The summed E-state index contributed by atoms with van der Waals surface area (Å²) in [4.78, 5) is 9.82. The van der Waals surface area contributed by atoms with Crippen LogP contribution in [0.5, 0.6) is 0 Å². The Labute approximate surface area is 217 Å². The summed E-state index contributed by atoms with van der Waals surface area (Å²) < 4.78 is 11.3. The van der Waals surface area contributed by atoms with Gasteiger partial charge >= 0.3 is 0 Å². The number of benzene rings is 1. The van der Waals surface area contributed by atoms with Crippen molar-refractivity contribution in [3.8, 4) is 0 Å². The van der Waals surface area contributed by atoms with Crippen LogP contribution in [-0.4, -0.2) is 94.0 Å². The first kappa shape index (κ1) is 28.3. The highest BCUT2D eigenvalue weighted by Crippen LogP contribution is 2.12. The van der Waals surface area contributed by atoms with E-state index in [0.29, 0.717) is 6.10 Å². The highest BCUT2D eigenvalue weighted by atomic mass is 127. The molecule has 1 aromatic rings. The lowest BCUT2D eigenvalue weighted by molar-refractivity contribution is 0.0171. The fourth-order valence-electron chi connectivity index (χ4n) is 4.21. The highest BCUT2D eigenvalue weighted by molar-refractivity contribution is 14.0. The number of piperazine rings is 1. The molecule has 7 nitrogen and oxygen atoms in total. The minimum absolute atomic E-state index is 0. The molecule has 33 heavy (non-hydrogen) atoms. The second-order valence-electron chi connectivity index (χ2n) is 8.71. The molecule has 2 saturated heterocycles. The van der Waals surface area contributed by atoms with E-state index < -0.39 is 0 Å². The molecule has 188 valence electrons. The average molecular weight is 574 g/mol. The lowest BCUT2D eigenvalue weighted by atomic mass is 10.2. The number of aliphatic imine (C=N–C) groups is 1. The van der Waals surface area contributed by atoms with Crippen molar-refractivity contribution in [2.45, 2.75) is 45.3 Å². The molecule has 0 saturated carbocycles. The Morgan fingerprint density at radius 1 is 1.09 bits per heavy atom. The largest absolute Gasteiger partial charge is 0.379 e. The average Bonchev–Trinajstić information content (AvgIpc) is 3.34. The van der Waals surface area contributed by atoms with Gasteiger partial charge in [-0.25, -0.2) is 0 Å². The lowest BCUT2D eigenvalue weighted by Gasteiger charge is -2.34. The van der Waals surface area contributed by atoms with Gasteiger partial charge in [-0.15, -0.1) is 24.0 Å². The molecule has 0 aromatic heterocycles. The van der Waals surface area contributed by atoms with Crippen LogP contribution in [0.2, 0.25) is 0 Å². The molecule has 0 amide bonds. The Morgan fingerprint density at radius 3 is 2.61 bits per heavy atom. The minimum atomic E-state index is 0. The van der Waals surface area contributed by atoms with Gasteiger partial charge < -0.3 is 25.0 Å². The summed E-state index contributed by atoms with van der Waals surface area (Å²) in [5.74, 6) is 0.916. The van der Waals surface area contributed by atoms with Crippen molar-refractivity contribution in [3.05, 3.63) is 35.9 Å². The number of guanidine groups is 1. The third kappa shape index (κ3) is 11.8. The molecule has 2 N–H and O–H groups in total. The summed E-state index contributed by atoms with van der Waals surface area (Å²) in [6.45, 7) is 13.9. The van der Waals surface area contributed by atoms with Gasteiger partial charge in [0.2, 0.25) is 0 Å². The smallest absolute Gasteiger partial charge is 0.191 e. The Bertz CT molecular complexity index is 635. The molecule has 2 aliphatic rings. The predicted molar refractivity (Wildman–Crippen MR) is 147 cm³/mol. The van der Waals surface area contributed by atoms with Gasteiger partial charge in [-0.05, 0) is 44.7 Å². The van der Waals surface area contributed by atoms with Gasteiger partial charge in [-0.1, -0.05) is 30.3 Å². The fourth-order valence-corrected chi connectivity index (χ4v) is 4.21. The second-order valence-corrected chi connectivity index (χ2v) is 8.71. The van der Waals surface area contributed by atoms with E-state index >= 15 is 0 Å². The zero-order valence-corrected chi connectivity index (χ0v) is 22.7. The maximum Gasteiger partial charge on any atom is 0.191 e. The molecule has 2 fully saturated rings. The Balaban J connectivity index is 0.00000385. The molecule has 1 aromatic carbocycles. The highest BCUT2D eigenvalue weighted by Gasteiger charge is 2.16. The molecule has 1 atom stereocenters. The summed E-state index contributed by atoms with van der Waals surface area (Å²) in [5, 5.41) is 6.82. The standard InChI is InChI=1S/C25H43N5O2.HI/c1-2-26-25(28-13-8-19-31-22-24-11-6-20-32-24)27-12-7-14-29-15-17-30(18-16-29)21-23-9-4-3-5-10-23;/h3-5,9-10,24H,2,6-8,11-22H2,1H3,(H2,26,27,28);1H. The summed E-state index contributed by atoms with van der Waals surface area (Å²) in [6.07, 6.45) is 4.69. The van der Waals surface area contributed by atoms with E-state index in [-0.39, 0.29) is 24.0 Å². The number of nitrogens with zero attached hydrogens (tertiary/aromatic N) is 3. The minimum Gasteiger partial charge on any atom is -0.379 e. The second kappa shape index (κ2) is 17.5. The lowest BCUT2D eigenvalue weighted by Crippen LogP contribution is -2.46. The van der Waals surface area contributed by atoms with Crippen LogP contribution in [0.15, 0.2) is 35.3 Å². The molecular weight excluding hydrogens is 529 g/mol. The predicted octanol–water partition coefficient (Wildman–Crippen LogP) is 2.95. The zero-order chi connectivity index (χ0) is 22.3. The maximum atomic E-state index is 5.72. The van der Waals surface area contributed by atoms with E-state index in [0.717, 1.165) is 104 Å². The quantitative estimate of drug-likeness (QED) is 0.164. The normalized spacial score (nSPS) is 19.9. The fraction of sp³-hybridized carbons (Fsp3) is 0.720. The van der Waals surface area contributed by atoms with Gasteiger partial charge in [0.25, 0.3) is 0 Å². The van der Waals surface area contributed by atoms with E-state index in [4.69, 9.17) is 9.47 Å². The van der Waals surface area contributed by atoms with Gasteiger partial charge in [0.05, 0.1) is 12.7 Å². The molecule has 8 heteroatoms. The van der Waals surface area contributed by atoms with E-state index in [1.807, 2.05) is 0 Å². The van der Waals surface area contributed by atoms with E-state index in [9.17, 15) is 0 Å². The van der Waals surface area contributed by atoms with Gasteiger partial charge in [-0.2, -0.15) is 0 Å². The molecule has 3 rings (SSSR count). The van der Waals surface area contributed by atoms with Crippen LogP contribution in [0.25, 0.3) is 0 Å². The van der Waals surface area contributed by atoms with Crippen LogP contribution < -0.4 is 10.6 Å². The topological polar surface area (TPSA) is 61.4 Å². The molecule has 1 unspecified atom stereocenters. The van der Waals surface area contributed by atoms with E-state index in [1.165, 1.54) is 12.0 Å². The van der Waals surface area contributed by atoms with Crippen molar-refractivity contribution in [1.82, 2.24) is 20.4 Å². The molecule has 0 spiro atoms. The number of ether oxygens (including phenoxy) is 2. The number of hydrogen-bond donors (Lipinski definition) is 2. The van der Waals surface area contributed by atoms with Crippen molar-refractivity contribution in [2.75, 3.05) is 72.2 Å². The van der Waals surface area contributed by atoms with Gasteiger partial charge in [0.15, 0.2) is 5.96 Å². The van der Waals surface area contributed by atoms with Crippen molar-refractivity contribution < 1.29 is 9.47 Å². The molecular formula is C25H44IN5O2. The Hall–Kier alpha value is -0.940. The van der Waals surface area contributed by atoms with Crippen molar-refractivity contribution in [3.63, 3.8) is 0 Å². The SMILES string of the molecule is CCNC(=NCCCOCC1CCCO1)NCCCN1CCN(Cc2ccccc2)CC1.I. The number of hydrogen-bond acceptors (Lipinski definition) is 5. The summed E-state index contributed by atoms with van der Waals surface area (Å²) in [7, 11) is 0. The summed E-state index contributed by atoms with van der Waals surface area (Å²) in [5.41, 5.74) is 1.41. The third-order valence-corrected chi connectivity index (χ3v) is 6.05. The first-order valence-corrected chi connectivity index (χ1v) is 12.5. The monoisotopic (exact) mass is 573 g/mol. The Morgan fingerprint density at radius 2 is 1.88 bits per heavy atom. The van der Waals surface area contributed by atoms with Crippen molar-refractivity contribution in [1.29, 1.82) is 0 Å². The van der Waals surface area contributed by atoms with Crippen molar-refractivity contribution in [2.24, 2.45) is 4.99 Å². The molecule has 2 aliphatic heterocycles. The first-order chi connectivity index (χ1) is 15.8. The van der Waals surface area contributed by atoms with Crippen LogP contribution in [0.3, 0.4) is 0 Å². The number of rotatable bonds is 13. The summed E-state index contributed by atoms with van der Waals surface area (Å²) in [6, 6.07) is 10.8. The van der Waals surface area contributed by atoms with Crippen LogP contribution in [0, 0.1) is 0 Å². The van der Waals surface area contributed by atoms with E-state index in [1.54, 1.807) is 0 Å². The van der Waals surface area contributed by atoms with Gasteiger partial charge in [0, 0.05) is 65.6 Å².